The number of ketones is 1. The molecule has 0 spiro atoms. The summed E-state index contributed by atoms with van der Waals surface area (Å²) in [6.45, 7) is 5.95. The van der Waals surface area contributed by atoms with Crippen LogP contribution >= 0.6 is 0 Å². The smallest absolute Gasteiger partial charge is 0.317 e. The average molecular weight is 578 g/mol. The number of esters is 1. The maximum absolute atomic E-state index is 13.9. The minimum Gasteiger partial charge on any atom is -0.458 e. The minimum atomic E-state index is -4.02. The highest BCUT2D eigenvalue weighted by molar-refractivity contribution is 7.92. The van der Waals surface area contributed by atoms with Gasteiger partial charge >= 0.3 is 5.97 Å². The van der Waals surface area contributed by atoms with Crippen molar-refractivity contribution in [3.8, 4) is 6.07 Å². The van der Waals surface area contributed by atoms with E-state index >= 15 is 0 Å². The predicted octanol–water partition coefficient (Wildman–Crippen LogP) is 6.14. The van der Waals surface area contributed by atoms with Crippen LogP contribution in [0, 0.1) is 34.5 Å². The van der Waals surface area contributed by atoms with Gasteiger partial charge in [0.2, 0.25) is 0 Å². The third kappa shape index (κ3) is 6.98. The molecule has 5 rings (SSSR count). The van der Waals surface area contributed by atoms with Crippen molar-refractivity contribution in [2.24, 2.45) is 23.2 Å². The fourth-order valence-corrected chi connectivity index (χ4v) is 7.13. The molecule has 1 N–H and O–H groups in total. The summed E-state index contributed by atoms with van der Waals surface area (Å²) in [5.74, 6) is -0.636. The lowest BCUT2D eigenvalue weighted by molar-refractivity contribution is -0.182. The molecule has 2 heterocycles. The molecule has 2 aliphatic carbocycles. The normalized spacial score (nSPS) is 21.6. The zero-order valence-electron chi connectivity index (χ0n) is 24.1. The first-order valence-corrected chi connectivity index (χ1v) is 16.1. The molecule has 3 aliphatic rings. The van der Waals surface area contributed by atoms with Crippen molar-refractivity contribution in [3.63, 3.8) is 0 Å². The van der Waals surface area contributed by atoms with Gasteiger partial charge in [0, 0.05) is 24.2 Å². The number of nitrogens with one attached hydrogen (secondary N) is 1. The second kappa shape index (κ2) is 11.2. The topological polar surface area (TPSA) is 126 Å². The van der Waals surface area contributed by atoms with E-state index < -0.39 is 38.8 Å². The van der Waals surface area contributed by atoms with Gasteiger partial charge in [-0.1, -0.05) is 58.6 Å². The van der Waals surface area contributed by atoms with E-state index in [-0.39, 0.29) is 22.8 Å². The number of sulfonamides is 1. The van der Waals surface area contributed by atoms with E-state index in [9.17, 15) is 18.0 Å². The van der Waals surface area contributed by atoms with Gasteiger partial charge in [0.05, 0.1) is 5.56 Å². The Labute approximate surface area is 242 Å². The number of anilines is 1. The van der Waals surface area contributed by atoms with Gasteiger partial charge in [-0.3, -0.25) is 14.3 Å². The van der Waals surface area contributed by atoms with Crippen molar-refractivity contribution in [2.45, 2.75) is 95.1 Å². The second-order valence-electron chi connectivity index (χ2n) is 13.3. The third-order valence-electron chi connectivity index (χ3n) is 8.73. The number of pyridine rings is 1. The molecule has 1 aromatic carbocycles. The van der Waals surface area contributed by atoms with Crippen LogP contribution in [0.4, 0.5) is 5.69 Å². The van der Waals surface area contributed by atoms with Crippen molar-refractivity contribution >= 4 is 27.5 Å². The SMILES string of the molecule is CC(C)(C)C(c1cccc(NS(=O)(=O)c2ccc(C#N)cn2)c1)C1C(=O)CC(CCC2CC2)(CCC2CC2)OC1=O. The van der Waals surface area contributed by atoms with Gasteiger partial charge in [-0.15, -0.1) is 0 Å². The Hall–Kier alpha value is -3.25. The maximum atomic E-state index is 13.9. The molecule has 8 nitrogen and oxygen atoms in total. The van der Waals surface area contributed by atoms with Crippen molar-refractivity contribution < 1.29 is 22.7 Å². The highest BCUT2D eigenvalue weighted by Crippen LogP contribution is 2.49. The van der Waals surface area contributed by atoms with Crippen LogP contribution in [0.25, 0.3) is 0 Å². The molecule has 1 saturated heterocycles. The Morgan fingerprint density at radius 1 is 1.07 bits per heavy atom. The van der Waals surface area contributed by atoms with E-state index in [0.717, 1.165) is 25.7 Å². The molecule has 0 bridgehead atoms. The van der Waals surface area contributed by atoms with Crippen molar-refractivity contribution in [1.29, 1.82) is 5.26 Å². The number of aromatic nitrogens is 1. The average Bonchev–Trinajstić information content (AvgIpc) is 3.83. The quantitative estimate of drug-likeness (QED) is 0.251. The number of ether oxygens (including phenoxy) is 1. The molecule has 9 heteroatoms. The van der Waals surface area contributed by atoms with Gasteiger partial charge < -0.3 is 4.74 Å². The number of carbonyl (C=O) groups excluding carboxylic acids is 2. The second-order valence-corrected chi connectivity index (χ2v) is 14.9. The van der Waals surface area contributed by atoms with Crippen LogP contribution in [0.5, 0.6) is 0 Å². The maximum Gasteiger partial charge on any atom is 0.317 e. The molecule has 0 radical (unpaired) electrons. The fourth-order valence-electron chi connectivity index (χ4n) is 6.15. The molecule has 218 valence electrons. The van der Waals surface area contributed by atoms with Crippen LogP contribution < -0.4 is 4.72 Å². The summed E-state index contributed by atoms with van der Waals surface area (Å²) in [5, 5.41) is 8.76. The van der Waals surface area contributed by atoms with Crippen LogP contribution in [-0.2, 0) is 24.3 Å². The number of cyclic esters (lactones) is 1. The Balaban J connectivity index is 1.39. The third-order valence-corrected chi connectivity index (χ3v) is 10.0. The molecule has 2 saturated carbocycles. The van der Waals surface area contributed by atoms with Crippen LogP contribution in [0.1, 0.15) is 95.6 Å². The van der Waals surface area contributed by atoms with Gasteiger partial charge in [-0.25, -0.2) is 4.98 Å². The van der Waals surface area contributed by atoms with Gasteiger partial charge in [-0.2, -0.15) is 13.7 Å². The van der Waals surface area contributed by atoms with E-state index in [4.69, 9.17) is 10.00 Å². The van der Waals surface area contributed by atoms with Gasteiger partial charge in [0.15, 0.2) is 10.8 Å². The van der Waals surface area contributed by atoms with Crippen LogP contribution in [0.15, 0.2) is 47.6 Å². The van der Waals surface area contributed by atoms with Crippen LogP contribution in [0.2, 0.25) is 0 Å². The van der Waals surface area contributed by atoms with E-state index in [1.807, 2.05) is 32.9 Å². The molecular formula is C32H39N3O5S. The highest BCUT2D eigenvalue weighted by Gasteiger charge is 2.52. The number of carbonyl (C=O) groups is 2. The number of hydrogen-bond donors (Lipinski definition) is 1. The summed E-state index contributed by atoms with van der Waals surface area (Å²) in [6, 6.07) is 11.4. The predicted molar refractivity (Wildman–Crippen MR) is 154 cm³/mol. The molecule has 2 atom stereocenters. The van der Waals surface area contributed by atoms with E-state index in [0.29, 0.717) is 23.1 Å². The lowest BCUT2D eigenvalue weighted by atomic mass is 9.65. The van der Waals surface area contributed by atoms with Gasteiger partial charge in [0.25, 0.3) is 10.0 Å². The Kier molecular flexibility index (Phi) is 7.99. The first kappa shape index (κ1) is 29.2. The summed E-state index contributed by atoms with van der Waals surface area (Å²) in [4.78, 5) is 31.6. The number of nitriles is 1. The van der Waals surface area contributed by atoms with Crippen molar-refractivity contribution in [2.75, 3.05) is 4.72 Å². The van der Waals surface area contributed by atoms with Crippen LogP contribution in [0.3, 0.4) is 0 Å². The Morgan fingerprint density at radius 2 is 1.73 bits per heavy atom. The molecule has 0 amide bonds. The molecule has 1 aromatic heterocycles. The largest absolute Gasteiger partial charge is 0.458 e. The lowest BCUT2D eigenvalue weighted by Crippen LogP contribution is -2.51. The molecule has 2 aromatic rings. The summed E-state index contributed by atoms with van der Waals surface area (Å²) in [7, 11) is -4.02. The first-order valence-electron chi connectivity index (χ1n) is 14.6. The monoisotopic (exact) mass is 577 g/mol. The molecule has 41 heavy (non-hydrogen) atoms. The fraction of sp³-hybridized carbons (Fsp3) is 0.562. The number of Topliss-reactive ketones (excluding diaryl/α,β-unsaturated/α-hetero) is 1. The molecule has 3 fully saturated rings. The van der Waals surface area contributed by atoms with Crippen molar-refractivity contribution in [1.82, 2.24) is 4.98 Å². The number of rotatable bonds is 11. The standard InChI is InChI=1S/C32H39N3O5S/c1-31(2,3)29(24-5-4-6-25(17-24)35-41(38,39)27-12-11-23(19-33)20-34-27)28-26(36)18-32(40-30(28)37,15-13-21-7-8-21)16-14-22-9-10-22/h4-6,11-12,17,20-22,28-29,35H,7-10,13-16,18H2,1-3H3. The Bertz CT molecular complexity index is 1410. The van der Waals surface area contributed by atoms with E-state index in [1.54, 1.807) is 18.2 Å². The van der Waals surface area contributed by atoms with Gasteiger partial charge in [-0.05, 0) is 72.8 Å². The number of hydrogen-bond acceptors (Lipinski definition) is 7. The Morgan fingerprint density at radius 3 is 2.24 bits per heavy atom. The number of benzene rings is 1. The molecular weight excluding hydrogens is 538 g/mol. The first-order chi connectivity index (χ1) is 19.4. The molecule has 2 unspecified atom stereocenters. The van der Waals surface area contributed by atoms with Crippen LogP contribution in [-0.4, -0.2) is 30.8 Å². The minimum absolute atomic E-state index is 0.0828. The lowest BCUT2D eigenvalue weighted by Gasteiger charge is -2.44. The highest BCUT2D eigenvalue weighted by atomic mass is 32.2. The molecule has 1 aliphatic heterocycles. The van der Waals surface area contributed by atoms with Gasteiger partial charge in [0.1, 0.15) is 17.6 Å². The number of nitrogens with zero attached hydrogens (tertiary/aromatic N) is 2. The van der Waals surface area contributed by atoms with E-state index in [2.05, 4.69) is 9.71 Å². The zero-order valence-corrected chi connectivity index (χ0v) is 24.9. The zero-order chi connectivity index (χ0) is 29.4. The summed E-state index contributed by atoms with van der Waals surface area (Å²) in [5.41, 5.74) is 0.0383. The summed E-state index contributed by atoms with van der Waals surface area (Å²) < 4.78 is 34.8. The summed E-state index contributed by atoms with van der Waals surface area (Å²) in [6.07, 6.45) is 9.80. The van der Waals surface area contributed by atoms with E-state index in [1.165, 1.54) is 44.0 Å². The summed E-state index contributed by atoms with van der Waals surface area (Å²) >= 11 is 0. The van der Waals surface area contributed by atoms with Crippen molar-refractivity contribution in [3.05, 3.63) is 53.7 Å².